The van der Waals surface area contributed by atoms with Gasteiger partial charge in [-0.15, -0.1) is 0 Å². The molecule has 0 aromatic heterocycles. The quantitative estimate of drug-likeness (QED) is 0.264. The molecule has 6 aliphatic carbocycles. The number of halogens is 2. The Morgan fingerprint density at radius 3 is 1.31 bits per heavy atom. The molecule has 0 aromatic carbocycles. The van der Waals surface area contributed by atoms with Crippen molar-refractivity contribution in [3.8, 4) is 0 Å². The van der Waals surface area contributed by atoms with Crippen molar-refractivity contribution in [3.05, 3.63) is 0 Å². The van der Waals surface area contributed by atoms with Crippen LogP contribution in [-0.4, -0.2) is 156 Å². The van der Waals surface area contributed by atoms with Crippen LogP contribution in [0, 0.1) is 58.7 Å². The summed E-state index contributed by atoms with van der Waals surface area (Å²) in [6, 6.07) is 5.27. The SMILES string of the molecule is C.CC(C)N1CC2C(F)C2C1.CC(C)N1CC2CC2(C)C1.CC(C)N1CC2CC2(F)C1.CC(C)N1CC2CC2C1.CC(C)N1CCC2CC21.CC(C)N1CCC2CC2C1. The fraction of sp³-hybridized carbons (Fsp3) is 1.00. The van der Waals surface area contributed by atoms with Gasteiger partial charge in [0.2, 0.25) is 0 Å². The molecule has 0 bridgehead atoms. The maximum absolute atomic E-state index is 13.3. The maximum Gasteiger partial charge on any atom is 0.128 e. The van der Waals surface area contributed by atoms with Crippen LogP contribution in [0.1, 0.15) is 142 Å². The first-order chi connectivity index (χ1) is 27.3. The van der Waals surface area contributed by atoms with Gasteiger partial charge in [0.1, 0.15) is 11.8 Å². The topological polar surface area (TPSA) is 19.4 Å². The van der Waals surface area contributed by atoms with Gasteiger partial charge >= 0.3 is 0 Å². The van der Waals surface area contributed by atoms with E-state index < -0.39 is 11.8 Å². The summed E-state index contributed by atoms with van der Waals surface area (Å²) < 4.78 is 25.9. The lowest BCUT2D eigenvalue weighted by molar-refractivity contribution is 0.177. The maximum atomic E-state index is 13.3. The Morgan fingerprint density at radius 2 is 0.949 bits per heavy atom. The lowest BCUT2D eigenvalue weighted by atomic mass is 10.1. The zero-order chi connectivity index (χ0) is 42.0. The van der Waals surface area contributed by atoms with Gasteiger partial charge in [-0.25, -0.2) is 8.78 Å². The summed E-state index contributed by atoms with van der Waals surface area (Å²) >= 11 is 0. The zero-order valence-corrected chi connectivity index (χ0v) is 40.0. The average molecular weight is 831 g/mol. The van der Waals surface area contributed by atoms with E-state index in [2.05, 4.69) is 119 Å². The highest BCUT2D eigenvalue weighted by Crippen LogP contribution is 2.57. The lowest BCUT2D eigenvalue weighted by Crippen LogP contribution is -2.36. The van der Waals surface area contributed by atoms with Crippen LogP contribution >= 0.6 is 0 Å². The third-order valence-corrected chi connectivity index (χ3v) is 17.5. The summed E-state index contributed by atoms with van der Waals surface area (Å²) in [6.07, 6.45) is 9.39. The van der Waals surface area contributed by atoms with Crippen molar-refractivity contribution in [1.29, 1.82) is 0 Å². The second kappa shape index (κ2) is 19.0. The molecule has 6 saturated carbocycles. The van der Waals surface area contributed by atoms with Crippen molar-refractivity contribution in [3.63, 3.8) is 0 Å². The Labute approximate surface area is 364 Å². The third-order valence-electron chi connectivity index (χ3n) is 17.5. The highest BCUT2D eigenvalue weighted by atomic mass is 19.1. The molecule has 59 heavy (non-hydrogen) atoms. The standard InChI is InChI=1S/2C9H17N.2C8H14FN.2C8H15N.CH4/c1-7(2)10-5-8-4-9(8,3)6-10;1-7(2)10-4-3-8-5-9(8)6-10;1-6(2)10-4-7-3-8(7,9)5-10;1-5(2)10-3-6-7(4-10)8(6)9;1-6(2)9-4-7-3-8(7)5-9;1-6(2)9-4-3-7-5-8(7)9;/h7-8H,4-6H2,1-3H3;7-9H,3-6H2,1-2H3;6-7H,3-5H2,1-2H3;5-8H,3-4H2,1-2H3;2*6-8H,3-5H2,1-2H3;1H4. The molecule has 0 spiro atoms. The van der Waals surface area contributed by atoms with Crippen molar-refractivity contribution < 1.29 is 8.78 Å². The molecule has 12 fully saturated rings. The van der Waals surface area contributed by atoms with Crippen LogP contribution in [0.5, 0.6) is 0 Å². The summed E-state index contributed by atoms with van der Waals surface area (Å²) in [5.74, 6) is 7.79. The van der Waals surface area contributed by atoms with Gasteiger partial charge in [0.05, 0.1) is 0 Å². The molecule has 12 aliphatic rings. The summed E-state index contributed by atoms with van der Waals surface area (Å²) in [6.45, 7) is 42.8. The normalized spacial score (nSPS) is 43.0. The van der Waals surface area contributed by atoms with E-state index in [0.29, 0.717) is 36.4 Å². The Balaban J connectivity index is 0.000000119. The second-order valence-corrected chi connectivity index (χ2v) is 24.0. The monoisotopic (exact) mass is 831 g/mol. The molecule has 8 heteroatoms. The number of alkyl halides is 2. The lowest BCUT2D eigenvalue weighted by Gasteiger charge is -2.29. The second-order valence-electron chi connectivity index (χ2n) is 24.0. The molecular weight excluding hydrogens is 735 g/mol. The minimum absolute atomic E-state index is 0. The van der Waals surface area contributed by atoms with Crippen LogP contribution in [-0.2, 0) is 0 Å². The summed E-state index contributed by atoms with van der Waals surface area (Å²) in [4.78, 5) is 15.1. The Morgan fingerprint density at radius 1 is 0.475 bits per heavy atom. The van der Waals surface area contributed by atoms with E-state index in [4.69, 9.17) is 0 Å². The Kier molecular flexibility index (Phi) is 15.5. The Bertz CT molecular complexity index is 1270. The third kappa shape index (κ3) is 12.1. The van der Waals surface area contributed by atoms with E-state index in [1.54, 1.807) is 0 Å². The molecule has 12 rings (SSSR count). The molecule has 12 unspecified atom stereocenters. The predicted molar refractivity (Wildman–Crippen MR) is 246 cm³/mol. The fourth-order valence-electron chi connectivity index (χ4n) is 12.0. The Hall–Kier alpha value is -0.380. The molecule has 0 amide bonds. The van der Waals surface area contributed by atoms with Crippen molar-refractivity contribution in [2.24, 2.45) is 58.7 Å². The summed E-state index contributed by atoms with van der Waals surface area (Å²) in [5, 5.41) is 0. The molecule has 344 valence electrons. The van der Waals surface area contributed by atoms with Crippen LogP contribution in [0.25, 0.3) is 0 Å². The highest BCUT2D eigenvalue weighted by molar-refractivity contribution is 5.13. The van der Waals surface area contributed by atoms with E-state index >= 15 is 0 Å². The van der Waals surface area contributed by atoms with Crippen LogP contribution < -0.4 is 0 Å². The van der Waals surface area contributed by atoms with Crippen LogP contribution in [0.4, 0.5) is 8.78 Å². The number of likely N-dealkylation sites (tertiary alicyclic amines) is 6. The number of fused-ring (bicyclic) bond motifs is 6. The average Bonchev–Trinajstić information content (AvgIpc) is 4.12. The molecule has 6 heterocycles. The molecular formula is C51H96F2N6. The minimum Gasteiger partial charge on any atom is -0.301 e. The minimum atomic E-state index is -0.760. The van der Waals surface area contributed by atoms with Crippen LogP contribution in [0.15, 0.2) is 0 Å². The van der Waals surface area contributed by atoms with Gasteiger partial charge in [-0.05, 0) is 182 Å². The fourth-order valence-corrected chi connectivity index (χ4v) is 12.0. The molecule has 12 atom stereocenters. The van der Waals surface area contributed by atoms with Gasteiger partial charge in [0.15, 0.2) is 0 Å². The van der Waals surface area contributed by atoms with Crippen LogP contribution in [0.2, 0.25) is 0 Å². The largest absolute Gasteiger partial charge is 0.301 e. The van der Waals surface area contributed by atoms with Gasteiger partial charge in [0, 0.05) is 119 Å². The molecule has 0 radical (unpaired) electrons. The first-order valence-corrected chi connectivity index (χ1v) is 25.1. The van der Waals surface area contributed by atoms with Crippen molar-refractivity contribution in [1.82, 2.24) is 29.4 Å². The van der Waals surface area contributed by atoms with E-state index in [-0.39, 0.29) is 7.43 Å². The molecule has 6 saturated heterocycles. The number of hydrogen-bond donors (Lipinski definition) is 0. The van der Waals surface area contributed by atoms with Crippen LogP contribution in [0.3, 0.4) is 0 Å². The van der Waals surface area contributed by atoms with Crippen molar-refractivity contribution in [2.45, 2.75) is 197 Å². The highest BCUT2D eigenvalue weighted by Gasteiger charge is 2.61. The van der Waals surface area contributed by atoms with Gasteiger partial charge in [-0.1, -0.05) is 14.4 Å². The first-order valence-electron chi connectivity index (χ1n) is 25.1. The number of nitrogens with zero attached hydrogens (tertiary/aromatic N) is 6. The summed E-state index contributed by atoms with van der Waals surface area (Å²) in [7, 11) is 0. The predicted octanol–water partition coefficient (Wildman–Crippen LogP) is 9.68. The van der Waals surface area contributed by atoms with E-state index in [0.717, 1.165) is 97.2 Å². The molecule has 0 N–H and O–H groups in total. The smallest absolute Gasteiger partial charge is 0.128 e. The van der Waals surface area contributed by atoms with Gasteiger partial charge in [-0.3, -0.25) is 9.80 Å². The molecule has 6 nitrogen and oxygen atoms in total. The van der Waals surface area contributed by atoms with Crippen molar-refractivity contribution in [2.75, 3.05) is 72.0 Å². The van der Waals surface area contributed by atoms with Gasteiger partial charge in [-0.2, -0.15) is 0 Å². The molecule has 0 aromatic rings. The first kappa shape index (κ1) is 48.1. The zero-order valence-electron chi connectivity index (χ0n) is 40.0. The molecule has 6 aliphatic heterocycles. The number of rotatable bonds is 6. The summed E-state index contributed by atoms with van der Waals surface area (Å²) in [5.41, 5.74) is -0.0193. The number of hydrogen-bond acceptors (Lipinski definition) is 6. The van der Waals surface area contributed by atoms with E-state index in [1.165, 1.54) is 84.3 Å². The van der Waals surface area contributed by atoms with Gasteiger partial charge in [0.25, 0.3) is 0 Å². The van der Waals surface area contributed by atoms with Gasteiger partial charge < -0.3 is 19.6 Å². The van der Waals surface area contributed by atoms with E-state index in [1.807, 2.05) is 0 Å². The number of piperidine rings is 6. The van der Waals surface area contributed by atoms with Crippen molar-refractivity contribution >= 4 is 0 Å². The van der Waals surface area contributed by atoms with E-state index in [9.17, 15) is 8.78 Å².